The predicted molar refractivity (Wildman–Crippen MR) is 136 cm³/mol. The first-order chi connectivity index (χ1) is 15.2. The van der Waals surface area contributed by atoms with E-state index in [2.05, 4.69) is 64.8 Å². The van der Waals surface area contributed by atoms with Gasteiger partial charge >= 0.3 is 0 Å². The molecule has 10 atom stereocenters. The molecular formula is C30H50N2. The summed E-state index contributed by atoms with van der Waals surface area (Å²) in [5.41, 5.74) is 9.37. The number of nitrogens with two attached hydrogens (primary N) is 1. The van der Waals surface area contributed by atoms with E-state index in [4.69, 9.17) is 5.73 Å². The largest absolute Gasteiger partial charge is 0.324 e. The van der Waals surface area contributed by atoms with Crippen molar-refractivity contribution in [2.75, 3.05) is 13.6 Å². The summed E-state index contributed by atoms with van der Waals surface area (Å²) in [5.74, 6) is 5.70. The fourth-order valence-electron chi connectivity index (χ4n) is 9.98. The van der Waals surface area contributed by atoms with Crippen molar-refractivity contribution in [3.05, 3.63) is 23.8 Å². The van der Waals surface area contributed by atoms with Crippen molar-refractivity contribution in [1.29, 1.82) is 0 Å². The van der Waals surface area contributed by atoms with Crippen LogP contribution in [0.5, 0.6) is 0 Å². The first kappa shape index (κ1) is 23.2. The lowest BCUT2D eigenvalue weighted by atomic mass is 9.48. The number of likely N-dealkylation sites (tertiary alicyclic amines) is 1. The lowest BCUT2D eigenvalue weighted by Crippen LogP contribution is -2.52. The third kappa shape index (κ3) is 3.41. The first-order valence-electron chi connectivity index (χ1n) is 14.0. The van der Waals surface area contributed by atoms with E-state index >= 15 is 0 Å². The normalized spacial score (nSPS) is 49.5. The van der Waals surface area contributed by atoms with Gasteiger partial charge < -0.3 is 10.6 Å². The number of nitrogens with zero attached hydrogens (tertiary/aromatic N) is 1. The lowest BCUT2D eigenvalue weighted by Gasteiger charge is -2.57. The Morgan fingerprint density at radius 2 is 1.81 bits per heavy atom. The Hall–Kier alpha value is -0.600. The maximum atomic E-state index is 6.59. The van der Waals surface area contributed by atoms with Crippen LogP contribution in [0.4, 0.5) is 0 Å². The SMILES string of the molecule is CC(C)C1CCN(C)C1CC(C)C1CCC2C3=CCC4C(N)C=CC[C@]4(C)C3CC[C@@]21C. The van der Waals surface area contributed by atoms with Gasteiger partial charge in [0.05, 0.1) is 0 Å². The van der Waals surface area contributed by atoms with Gasteiger partial charge in [-0.1, -0.05) is 58.4 Å². The molecule has 32 heavy (non-hydrogen) atoms. The highest BCUT2D eigenvalue weighted by Crippen LogP contribution is 2.66. The summed E-state index contributed by atoms with van der Waals surface area (Å²) in [7, 11) is 2.39. The highest BCUT2D eigenvalue weighted by atomic mass is 15.2. The van der Waals surface area contributed by atoms with Crippen LogP contribution in [-0.4, -0.2) is 30.6 Å². The zero-order valence-corrected chi connectivity index (χ0v) is 21.8. The Kier molecular flexibility index (Phi) is 5.98. The molecule has 0 aromatic carbocycles. The van der Waals surface area contributed by atoms with E-state index in [1.54, 1.807) is 0 Å². The van der Waals surface area contributed by atoms with Crippen LogP contribution in [0.3, 0.4) is 0 Å². The zero-order valence-electron chi connectivity index (χ0n) is 21.8. The summed E-state index contributed by atoms with van der Waals surface area (Å²) in [6.07, 6.45) is 18.4. The molecule has 0 aromatic rings. The minimum absolute atomic E-state index is 0.258. The van der Waals surface area contributed by atoms with Crippen LogP contribution in [0, 0.1) is 52.3 Å². The van der Waals surface area contributed by atoms with Crippen LogP contribution in [0.2, 0.25) is 0 Å². The standard InChI is InChI=1S/C30H50N2/c1-19(2)21-14-17-32(6)28(21)18-20(3)23-11-12-24-22-9-10-26-27(31)8-7-15-29(26,4)25(22)13-16-30(23,24)5/h7-9,19-21,23-28H,10-18,31H2,1-6H3/t20?,21?,23?,24?,25?,26?,27?,28?,29-,30-/m1/s1. The third-order valence-electron chi connectivity index (χ3n) is 11.8. The van der Waals surface area contributed by atoms with E-state index in [1.807, 2.05) is 5.57 Å². The maximum Gasteiger partial charge on any atom is 0.0261 e. The number of hydrogen-bond donors (Lipinski definition) is 1. The van der Waals surface area contributed by atoms with Gasteiger partial charge in [-0.05, 0) is 117 Å². The van der Waals surface area contributed by atoms with E-state index in [0.717, 1.165) is 41.5 Å². The van der Waals surface area contributed by atoms with E-state index in [1.165, 1.54) is 57.9 Å². The van der Waals surface area contributed by atoms with E-state index in [-0.39, 0.29) is 6.04 Å². The second kappa shape index (κ2) is 8.26. The van der Waals surface area contributed by atoms with Gasteiger partial charge in [0.25, 0.3) is 0 Å². The van der Waals surface area contributed by atoms with E-state index in [9.17, 15) is 0 Å². The van der Waals surface area contributed by atoms with Gasteiger partial charge in [-0.25, -0.2) is 0 Å². The minimum atomic E-state index is 0.258. The zero-order chi connectivity index (χ0) is 22.8. The van der Waals surface area contributed by atoms with Crippen molar-refractivity contribution in [2.45, 2.75) is 98.1 Å². The van der Waals surface area contributed by atoms with Gasteiger partial charge in [0.1, 0.15) is 0 Å². The molecule has 0 amide bonds. The van der Waals surface area contributed by atoms with Crippen molar-refractivity contribution in [3.63, 3.8) is 0 Å². The van der Waals surface area contributed by atoms with Crippen LogP contribution in [0.15, 0.2) is 23.8 Å². The van der Waals surface area contributed by atoms with Crippen molar-refractivity contribution < 1.29 is 0 Å². The predicted octanol–water partition coefficient (Wildman–Crippen LogP) is 6.67. The molecule has 5 rings (SSSR count). The molecule has 0 radical (unpaired) electrons. The molecular weight excluding hydrogens is 388 g/mol. The van der Waals surface area contributed by atoms with E-state index < -0.39 is 0 Å². The Bertz CT molecular complexity index is 767. The molecule has 0 aromatic heterocycles. The summed E-state index contributed by atoms with van der Waals surface area (Å²) in [5, 5.41) is 0. The lowest BCUT2D eigenvalue weighted by molar-refractivity contribution is 0.00518. The average Bonchev–Trinajstić information content (AvgIpc) is 3.27. The van der Waals surface area contributed by atoms with Gasteiger partial charge in [0.15, 0.2) is 0 Å². The summed E-state index contributed by atoms with van der Waals surface area (Å²) < 4.78 is 0. The van der Waals surface area contributed by atoms with Crippen LogP contribution < -0.4 is 5.73 Å². The highest BCUT2D eigenvalue weighted by molar-refractivity contribution is 5.30. The molecule has 1 saturated heterocycles. The topological polar surface area (TPSA) is 29.3 Å². The van der Waals surface area contributed by atoms with Gasteiger partial charge in [-0.2, -0.15) is 0 Å². The summed E-state index contributed by atoms with van der Waals surface area (Å²) in [4.78, 5) is 2.69. The van der Waals surface area contributed by atoms with Crippen LogP contribution in [-0.2, 0) is 0 Å². The van der Waals surface area contributed by atoms with E-state index in [0.29, 0.717) is 16.7 Å². The second-order valence-electron chi connectivity index (χ2n) is 13.6. The van der Waals surface area contributed by atoms with Crippen LogP contribution in [0.25, 0.3) is 0 Å². The molecule has 3 fully saturated rings. The molecule has 8 unspecified atom stereocenters. The Labute approximate surface area is 198 Å². The monoisotopic (exact) mass is 438 g/mol. The second-order valence-corrected chi connectivity index (χ2v) is 13.6. The average molecular weight is 439 g/mol. The third-order valence-corrected chi connectivity index (χ3v) is 11.8. The summed E-state index contributed by atoms with van der Waals surface area (Å²) in [6.45, 7) is 14.1. The molecule has 2 nitrogen and oxygen atoms in total. The quantitative estimate of drug-likeness (QED) is 0.497. The molecule has 2 heteroatoms. The van der Waals surface area contributed by atoms with Crippen molar-refractivity contribution in [2.24, 2.45) is 58.0 Å². The Morgan fingerprint density at radius 3 is 2.56 bits per heavy atom. The first-order valence-corrected chi connectivity index (χ1v) is 14.0. The van der Waals surface area contributed by atoms with Crippen molar-refractivity contribution in [1.82, 2.24) is 4.90 Å². The molecule has 2 saturated carbocycles. The maximum absolute atomic E-state index is 6.59. The summed E-state index contributed by atoms with van der Waals surface area (Å²) in [6, 6.07) is 1.06. The number of hydrogen-bond acceptors (Lipinski definition) is 2. The minimum Gasteiger partial charge on any atom is -0.324 e. The Balaban J connectivity index is 1.35. The van der Waals surface area contributed by atoms with Crippen LogP contribution >= 0.6 is 0 Å². The molecule has 1 aliphatic heterocycles. The molecule has 5 aliphatic rings. The fourth-order valence-corrected chi connectivity index (χ4v) is 9.98. The van der Waals surface area contributed by atoms with Crippen molar-refractivity contribution in [3.8, 4) is 0 Å². The molecule has 180 valence electrons. The molecule has 2 N–H and O–H groups in total. The molecule has 4 aliphatic carbocycles. The number of rotatable bonds is 4. The van der Waals surface area contributed by atoms with Crippen molar-refractivity contribution >= 4 is 0 Å². The number of fused-ring (bicyclic) bond motifs is 5. The van der Waals surface area contributed by atoms with Crippen LogP contribution in [0.1, 0.15) is 86.0 Å². The summed E-state index contributed by atoms with van der Waals surface area (Å²) >= 11 is 0. The molecule has 0 spiro atoms. The molecule has 0 bridgehead atoms. The Morgan fingerprint density at radius 1 is 1.06 bits per heavy atom. The fraction of sp³-hybridized carbons (Fsp3) is 0.867. The van der Waals surface area contributed by atoms with Gasteiger partial charge in [-0.15, -0.1) is 0 Å². The smallest absolute Gasteiger partial charge is 0.0261 e. The molecule has 1 heterocycles. The number of allylic oxidation sites excluding steroid dienone is 3. The van der Waals surface area contributed by atoms with Gasteiger partial charge in [0.2, 0.25) is 0 Å². The highest BCUT2D eigenvalue weighted by Gasteiger charge is 2.58. The van der Waals surface area contributed by atoms with Gasteiger partial charge in [0, 0.05) is 12.1 Å². The van der Waals surface area contributed by atoms with Gasteiger partial charge in [-0.3, -0.25) is 0 Å².